The van der Waals surface area contributed by atoms with Gasteiger partial charge in [0.2, 0.25) is 5.88 Å². The van der Waals surface area contributed by atoms with E-state index in [0.717, 1.165) is 28.5 Å². The summed E-state index contributed by atoms with van der Waals surface area (Å²) < 4.78 is 19.4. The molecule has 1 aromatic carbocycles. The zero-order valence-corrected chi connectivity index (χ0v) is 16.3. The number of aryl methyl sites for hydroxylation is 1. The Morgan fingerprint density at radius 1 is 1.19 bits per heavy atom. The molecule has 0 spiro atoms. The summed E-state index contributed by atoms with van der Waals surface area (Å²) in [6.07, 6.45) is 4.36. The predicted octanol–water partition coefficient (Wildman–Crippen LogP) is 4.89. The average molecular weight is 367 g/mol. The average Bonchev–Trinajstić information content (AvgIpc) is 2.58. The molecule has 4 nitrogen and oxygen atoms in total. The molecule has 1 unspecified atom stereocenters. The zero-order chi connectivity index (χ0) is 19.6. The van der Waals surface area contributed by atoms with Crippen molar-refractivity contribution in [2.24, 2.45) is 11.7 Å². The van der Waals surface area contributed by atoms with Gasteiger partial charge in [0.15, 0.2) is 0 Å². The molecule has 0 amide bonds. The molecular formula is C22H26FN3O. The SMILES string of the molecule is Cc1cc(-c2ccnc3cc(F)ccc23)cnc1OCC(C)CC(C)(C)N. The van der Waals surface area contributed by atoms with Crippen molar-refractivity contribution < 1.29 is 9.13 Å². The van der Waals surface area contributed by atoms with Crippen LogP contribution in [0.2, 0.25) is 0 Å². The highest BCUT2D eigenvalue weighted by molar-refractivity contribution is 5.94. The van der Waals surface area contributed by atoms with Gasteiger partial charge in [-0.3, -0.25) is 4.98 Å². The van der Waals surface area contributed by atoms with Crippen LogP contribution in [0.1, 0.15) is 32.8 Å². The molecule has 27 heavy (non-hydrogen) atoms. The van der Waals surface area contributed by atoms with Gasteiger partial charge in [0.25, 0.3) is 0 Å². The van der Waals surface area contributed by atoms with E-state index in [1.54, 1.807) is 18.5 Å². The number of hydrogen-bond donors (Lipinski definition) is 1. The number of nitrogens with zero attached hydrogens (tertiary/aromatic N) is 2. The van der Waals surface area contributed by atoms with E-state index in [-0.39, 0.29) is 11.4 Å². The van der Waals surface area contributed by atoms with Crippen LogP contribution in [0.15, 0.2) is 42.7 Å². The van der Waals surface area contributed by atoms with E-state index in [4.69, 9.17) is 10.5 Å². The molecule has 2 heterocycles. The van der Waals surface area contributed by atoms with Crippen LogP contribution in [-0.4, -0.2) is 22.1 Å². The number of rotatable bonds is 6. The summed E-state index contributed by atoms with van der Waals surface area (Å²) in [7, 11) is 0. The predicted molar refractivity (Wildman–Crippen MR) is 107 cm³/mol. The first-order chi connectivity index (χ1) is 12.7. The van der Waals surface area contributed by atoms with Gasteiger partial charge in [-0.15, -0.1) is 0 Å². The molecule has 3 aromatic rings. The van der Waals surface area contributed by atoms with Crippen LogP contribution >= 0.6 is 0 Å². The summed E-state index contributed by atoms with van der Waals surface area (Å²) in [5.41, 5.74) is 9.38. The molecule has 142 valence electrons. The van der Waals surface area contributed by atoms with Crippen molar-refractivity contribution in [2.45, 2.75) is 39.7 Å². The van der Waals surface area contributed by atoms with Crippen molar-refractivity contribution in [3.05, 3.63) is 54.1 Å². The minimum atomic E-state index is -0.292. The lowest BCUT2D eigenvalue weighted by molar-refractivity contribution is 0.221. The second-order valence-electron chi connectivity index (χ2n) is 7.97. The fourth-order valence-electron chi connectivity index (χ4n) is 3.41. The number of ether oxygens (including phenoxy) is 1. The van der Waals surface area contributed by atoms with Crippen LogP contribution in [0.4, 0.5) is 4.39 Å². The molecule has 0 bridgehead atoms. The summed E-state index contributed by atoms with van der Waals surface area (Å²) in [6.45, 7) is 8.72. The van der Waals surface area contributed by atoms with Crippen LogP contribution in [0.3, 0.4) is 0 Å². The lowest BCUT2D eigenvalue weighted by atomic mass is 9.93. The molecule has 1 atom stereocenters. The second kappa shape index (κ2) is 7.61. The van der Waals surface area contributed by atoms with Gasteiger partial charge in [-0.2, -0.15) is 0 Å². The van der Waals surface area contributed by atoms with Gasteiger partial charge in [-0.25, -0.2) is 9.37 Å². The summed E-state index contributed by atoms with van der Waals surface area (Å²) >= 11 is 0. The molecule has 0 aliphatic carbocycles. The normalized spacial score (nSPS) is 13.0. The zero-order valence-electron chi connectivity index (χ0n) is 16.3. The van der Waals surface area contributed by atoms with Gasteiger partial charge in [0.1, 0.15) is 5.82 Å². The molecule has 0 saturated heterocycles. The highest BCUT2D eigenvalue weighted by Crippen LogP contribution is 2.30. The summed E-state index contributed by atoms with van der Waals surface area (Å²) in [4.78, 5) is 8.75. The van der Waals surface area contributed by atoms with Crippen molar-refractivity contribution in [3.8, 4) is 17.0 Å². The number of aromatic nitrogens is 2. The molecule has 0 fully saturated rings. The van der Waals surface area contributed by atoms with E-state index in [9.17, 15) is 4.39 Å². The first-order valence-corrected chi connectivity index (χ1v) is 9.16. The molecule has 5 heteroatoms. The summed E-state index contributed by atoms with van der Waals surface area (Å²) in [5, 5.41) is 0.896. The topological polar surface area (TPSA) is 61.0 Å². The number of halogens is 1. The van der Waals surface area contributed by atoms with Gasteiger partial charge in [-0.1, -0.05) is 6.92 Å². The third-order valence-electron chi connectivity index (χ3n) is 4.43. The Morgan fingerprint density at radius 2 is 1.96 bits per heavy atom. The fourth-order valence-corrected chi connectivity index (χ4v) is 3.41. The van der Waals surface area contributed by atoms with Gasteiger partial charge in [0, 0.05) is 40.5 Å². The van der Waals surface area contributed by atoms with E-state index in [1.807, 2.05) is 32.9 Å². The second-order valence-corrected chi connectivity index (χ2v) is 7.97. The number of hydrogen-bond acceptors (Lipinski definition) is 4. The smallest absolute Gasteiger partial charge is 0.216 e. The minimum Gasteiger partial charge on any atom is -0.477 e. The van der Waals surface area contributed by atoms with Crippen LogP contribution in [0.5, 0.6) is 5.88 Å². The van der Waals surface area contributed by atoms with Gasteiger partial charge in [0.05, 0.1) is 12.1 Å². The first kappa shape index (κ1) is 19.2. The Labute approximate surface area is 159 Å². The lowest BCUT2D eigenvalue weighted by Gasteiger charge is -2.23. The maximum atomic E-state index is 13.5. The first-order valence-electron chi connectivity index (χ1n) is 9.16. The minimum absolute atomic E-state index is 0.211. The highest BCUT2D eigenvalue weighted by atomic mass is 19.1. The Hall–Kier alpha value is -2.53. The quantitative estimate of drug-likeness (QED) is 0.674. The van der Waals surface area contributed by atoms with Gasteiger partial charge >= 0.3 is 0 Å². The molecule has 2 N–H and O–H groups in total. The standard InChI is InChI=1S/C22H26FN3O/c1-14(11-22(3,4)24)13-27-21-15(2)9-16(12-26-21)18-7-8-25-20-10-17(23)5-6-19(18)20/h5-10,12,14H,11,13,24H2,1-4H3. The van der Waals surface area contributed by atoms with Crippen molar-refractivity contribution in [3.63, 3.8) is 0 Å². The Morgan fingerprint density at radius 3 is 2.67 bits per heavy atom. The molecule has 0 aliphatic heterocycles. The van der Waals surface area contributed by atoms with Crippen LogP contribution < -0.4 is 10.5 Å². The van der Waals surface area contributed by atoms with Crippen molar-refractivity contribution >= 4 is 10.9 Å². The largest absolute Gasteiger partial charge is 0.477 e. The van der Waals surface area contributed by atoms with E-state index in [2.05, 4.69) is 16.9 Å². The lowest BCUT2D eigenvalue weighted by Crippen LogP contribution is -2.35. The number of benzene rings is 1. The van der Waals surface area contributed by atoms with Crippen molar-refractivity contribution in [1.29, 1.82) is 0 Å². The molecule has 2 aromatic heterocycles. The summed E-state index contributed by atoms with van der Waals surface area (Å²) in [6, 6.07) is 8.60. The van der Waals surface area contributed by atoms with Gasteiger partial charge in [-0.05, 0) is 62.9 Å². The van der Waals surface area contributed by atoms with Gasteiger partial charge < -0.3 is 10.5 Å². The van der Waals surface area contributed by atoms with E-state index >= 15 is 0 Å². The number of pyridine rings is 2. The fraction of sp³-hybridized carbons (Fsp3) is 0.364. The monoisotopic (exact) mass is 367 g/mol. The maximum absolute atomic E-state index is 13.5. The van der Waals surface area contributed by atoms with Crippen LogP contribution in [0, 0.1) is 18.7 Å². The van der Waals surface area contributed by atoms with E-state index < -0.39 is 0 Å². The molecule has 3 rings (SSSR count). The maximum Gasteiger partial charge on any atom is 0.216 e. The summed E-state index contributed by atoms with van der Waals surface area (Å²) in [5.74, 6) is 0.676. The molecule has 0 aliphatic rings. The Bertz CT molecular complexity index is 950. The Balaban J connectivity index is 1.81. The van der Waals surface area contributed by atoms with E-state index in [0.29, 0.717) is 23.9 Å². The highest BCUT2D eigenvalue weighted by Gasteiger charge is 2.17. The molecular weight excluding hydrogens is 341 g/mol. The number of fused-ring (bicyclic) bond motifs is 1. The number of nitrogens with two attached hydrogens (primary N) is 1. The molecule has 0 saturated carbocycles. The van der Waals surface area contributed by atoms with Crippen molar-refractivity contribution in [2.75, 3.05) is 6.61 Å². The van der Waals surface area contributed by atoms with Crippen molar-refractivity contribution in [1.82, 2.24) is 9.97 Å². The third-order valence-corrected chi connectivity index (χ3v) is 4.43. The van der Waals surface area contributed by atoms with Crippen LogP contribution in [0.25, 0.3) is 22.0 Å². The van der Waals surface area contributed by atoms with E-state index in [1.165, 1.54) is 12.1 Å². The molecule has 0 radical (unpaired) electrons. The third kappa shape index (κ3) is 4.80. The Kier molecular flexibility index (Phi) is 5.42. The van der Waals surface area contributed by atoms with Crippen LogP contribution in [-0.2, 0) is 0 Å².